The van der Waals surface area contributed by atoms with E-state index in [0.717, 1.165) is 6.42 Å². The van der Waals surface area contributed by atoms with Crippen LogP contribution in [0.15, 0.2) is 0 Å². The maximum Gasteiger partial charge on any atom is 0.225 e. The van der Waals surface area contributed by atoms with Gasteiger partial charge in [-0.25, -0.2) is 0 Å². The smallest absolute Gasteiger partial charge is 0.225 e. The zero-order valence-corrected chi connectivity index (χ0v) is 8.45. The van der Waals surface area contributed by atoms with Crippen LogP contribution >= 0.6 is 0 Å². The molecule has 3 atom stereocenters. The van der Waals surface area contributed by atoms with Gasteiger partial charge in [0.2, 0.25) is 5.91 Å². The van der Waals surface area contributed by atoms with E-state index in [4.69, 9.17) is 5.26 Å². The van der Waals surface area contributed by atoms with Gasteiger partial charge in [-0.1, -0.05) is 6.92 Å². The number of amides is 1. The lowest BCUT2D eigenvalue weighted by atomic mass is 10.2. The van der Waals surface area contributed by atoms with Crippen molar-refractivity contribution in [1.29, 1.82) is 5.26 Å². The predicted octanol–water partition coefficient (Wildman–Crippen LogP) is 1.26. The fourth-order valence-corrected chi connectivity index (χ4v) is 1.49. The number of rotatable bonds is 3. The second-order valence-corrected chi connectivity index (χ2v) is 4.07. The summed E-state index contributed by atoms with van der Waals surface area (Å²) in [5.41, 5.74) is 0. The monoisotopic (exact) mass is 180 g/mol. The minimum atomic E-state index is -0.0667. The second-order valence-electron chi connectivity index (χ2n) is 4.07. The van der Waals surface area contributed by atoms with Crippen LogP contribution in [0.1, 0.15) is 20.3 Å². The molecule has 0 heterocycles. The SMILES string of the molecule is CC(C#N)CN(C)C(=O)C1CC1C. The second kappa shape index (κ2) is 3.78. The van der Waals surface area contributed by atoms with E-state index in [1.54, 1.807) is 11.9 Å². The van der Waals surface area contributed by atoms with Crippen molar-refractivity contribution in [1.82, 2.24) is 4.90 Å². The number of hydrogen-bond acceptors (Lipinski definition) is 2. The van der Waals surface area contributed by atoms with Crippen LogP contribution in [0.3, 0.4) is 0 Å². The summed E-state index contributed by atoms with van der Waals surface area (Å²) in [6, 6.07) is 2.13. The van der Waals surface area contributed by atoms with Gasteiger partial charge in [0.05, 0.1) is 12.0 Å². The molecule has 0 aromatic heterocycles. The van der Waals surface area contributed by atoms with Gasteiger partial charge < -0.3 is 4.90 Å². The van der Waals surface area contributed by atoms with Crippen LogP contribution in [0.2, 0.25) is 0 Å². The minimum absolute atomic E-state index is 0.0667. The van der Waals surface area contributed by atoms with E-state index in [2.05, 4.69) is 13.0 Å². The van der Waals surface area contributed by atoms with E-state index < -0.39 is 0 Å². The lowest BCUT2D eigenvalue weighted by Crippen LogP contribution is -2.32. The van der Waals surface area contributed by atoms with Crippen LogP contribution in [0.4, 0.5) is 0 Å². The molecule has 1 rings (SSSR count). The first-order valence-corrected chi connectivity index (χ1v) is 4.70. The molecule has 0 spiro atoms. The summed E-state index contributed by atoms with van der Waals surface area (Å²) in [7, 11) is 1.78. The molecule has 72 valence electrons. The molecule has 1 fully saturated rings. The number of carbonyl (C=O) groups is 1. The van der Waals surface area contributed by atoms with Crippen molar-refractivity contribution in [2.24, 2.45) is 17.8 Å². The molecule has 1 aliphatic carbocycles. The molecule has 3 unspecified atom stereocenters. The van der Waals surface area contributed by atoms with Gasteiger partial charge in [-0.15, -0.1) is 0 Å². The molecule has 3 nitrogen and oxygen atoms in total. The fraction of sp³-hybridized carbons (Fsp3) is 0.800. The van der Waals surface area contributed by atoms with E-state index in [1.165, 1.54) is 0 Å². The zero-order chi connectivity index (χ0) is 10.0. The Morgan fingerprint density at radius 2 is 2.31 bits per heavy atom. The van der Waals surface area contributed by atoms with E-state index in [-0.39, 0.29) is 17.7 Å². The molecule has 1 saturated carbocycles. The Labute approximate surface area is 79.3 Å². The summed E-state index contributed by atoms with van der Waals surface area (Å²) in [5, 5.41) is 8.58. The van der Waals surface area contributed by atoms with Crippen LogP contribution in [-0.2, 0) is 4.79 Å². The highest BCUT2D eigenvalue weighted by molar-refractivity contribution is 5.81. The molecule has 0 aliphatic heterocycles. The average molecular weight is 180 g/mol. The van der Waals surface area contributed by atoms with E-state index >= 15 is 0 Å². The normalized spacial score (nSPS) is 27.5. The fourth-order valence-electron chi connectivity index (χ4n) is 1.49. The topological polar surface area (TPSA) is 44.1 Å². The van der Waals surface area contributed by atoms with Crippen molar-refractivity contribution in [3.8, 4) is 6.07 Å². The van der Waals surface area contributed by atoms with Crippen LogP contribution in [0, 0.1) is 29.1 Å². The highest BCUT2D eigenvalue weighted by Gasteiger charge is 2.40. The molecule has 0 saturated heterocycles. The molecule has 13 heavy (non-hydrogen) atoms. The van der Waals surface area contributed by atoms with Crippen molar-refractivity contribution in [3.63, 3.8) is 0 Å². The Kier molecular flexibility index (Phi) is 2.92. The predicted molar refractivity (Wildman–Crippen MR) is 49.7 cm³/mol. The van der Waals surface area contributed by atoms with Gasteiger partial charge in [-0.2, -0.15) is 5.26 Å². The summed E-state index contributed by atoms with van der Waals surface area (Å²) in [6.07, 6.45) is 1.02. The maximum atomic E-state index is 11.6. The van der Waals surface area contributed by atoms with Crippen LogP contribution in [0.25, 0.3) is 0 Å². The third-order valence-corrected chi connectivity index (χ3v) is 2.57. The highest BCUT2D eigenvalue weighted by Crippen LogP contribution is 2.38. The van der Waals surface area contributed by atoms with Gasteiger partial charge in [0.25, 0.3) is 0 Å². The van der Waals surface area contributed by atoms with Crippen molar-refractivity contribution >= 4 is 5.91 Å². The van der Waals surface area contributed by atoms with Crippen molar-refractivity contribution < 1.29 is 4.79 Å². The molecule has 1 aliphatic rings. The Morgan fingerprint density at radius 1 is 1.77 bits per heavy atom. The third-order valence-electron chi connectivity index (χ3n) is 2.57. The molecular weight excluding hydrogens is 164 g/mol. The molecule has 0 aromatic carbocycles. The first kappa shape index (κ1) is 10.0. The van der Waals surface area contributed by atoms with Crippen molar-refractivity contribution in [2.75, 3.05) is 13.6 Å². The molecule has 3 heteroatoms. The average Bonchev–Trinajstić information content (AvgIpc) is 2.81. The van der Waals surface area contributed by atoms with Crippen molar-refractivity contribution in [2.45, 2.75) is 20.3 Å². The highest BCUT2D eigenvalue weighted by atomic mass is 16.2. The lowest BCUT2D eigenvalue weighted by molar-refractivity contribution is -0.131. The van der Waals surface area contributed by atoms with E-state index in [1.807, 2.05) is 6.92 Å². The van der Waals surface area contributed by atoms with E-state index in [9.17, 15) is 4.79 Å². The van der Waals surface area contributed by atoms with Gasteiger partial charge in [0, 0.05) is 19.5 Å². The lowest BCUT2D eigenvalue weighted by Gasteiger charge is -2.17. The molecule has 0 N–H and O–H groups in total. The number of nitriles is 1. The number of hydrogen-bond donors (Lipinski definition) is 0. The Morgan fingerprint density at radius 3 is 2.69 bits per heavy atom. The maximum absolute atomic E-state index is 11.6. The Balaban J connectivity index is 2.35. The molecule has 0 radical (unpaired) electrons. The van der Waals surface area contributed by atoms with Gasteiger partial charge in [-0.3, -0.25) is 4.79 Å². The third kappa shape index (κ3) is 2.45. The molecule has 0 aromatic rings. The zero-order valence-electron chi connectivity index (χ0n) is 8.45. The molecular formula is C10H16N2O. The van der Waals surface area contributed by atoms with Crippen LogP contribution in [0.5, 0.6) is 0 Å². The summed E-state index contributed by atoms with van der Waals surface area (Å²) in [5.74, 6) is 0.917. The summed E-state index contributed by atoms with van der Waals surface area (Å²) >= 11 is 0. The van der Waals surface area contributed by atoms with E-state index in [0.29, 0.717) is 12.5 Å². The van der Waals surface area contributed by atoms with Crippen LogP contribution < -0.4 is 0 Å². The number of carbonyl (C=O) groups excluding carboxylic acids is 1. The van der Waals surface area contributed by atoms with Gasteiger partial charge in [0.15, 0.2) is 0 Å². The summed E-state index contributed by atoms with van der Waals surface area (Å²) in [4.78, 5) is 13.3. The Bertz CT molecular complexity index is 244. The summed E-state index contributed by atoms with van der Waals surface area (Å²) in [6.45, 7) is 4.47. The first-order valence-electron chi connectivity index (χ1n) is 4.70. The van der Waals surface area contributed by atoms with Gasteiger partial charge in [-0.05, 0) is 19.3 Å². The molecule has 0 bridgehead atoms. The van der Waals surface area contributed by atoms with Crippen molar-refractivity contribution in [3.05, 3.63) is 0 Å². The largest absolute Gasteiger partial charge is 0.344 e. The summed E-state index contributed by atoms with van der Waals surface area (Å²) < 4.78 is 0. The first-order chi connectivity index (χ1) is 6.06. The standard InChI is InChI=1S/C10H16N2O/c1-7(5-11)6-12(3)10(13)9-4-8(9)2/h7-9H,4,6H2,1-3H3. The minimum Gasteiger partial charge on any atom is -0.344 e. The van der Waals surface area contributed by atoms with Gasteiger partial charge >= 0.3 is 0 Å². The van der Waals surface area contributed by atoms with Crippen LogP contribution in [-0.4, -0.2) is 24.4 Å². The Hall–Kier alpha value is -1.04. The quantitative estimate of drug-likeness (QED) is 0.656. The molecule has 1 amide bonds. The number of nitrogens with zero attached hydrogens (tertiary/aromatic N) is 2. The van der Waals surface area contributed by atoms with Gasteiger partial charge in [0.1, 0.15) is 0 Å².